The highest BCUT2D eigenvalue weighted by Gasteiger charge is 2.29. The summed E-state index contributed by atoms with van der Waals surface area (Å²) < 4.78 is 0. The van der Waals surface area contributed by atoms with Gasteiger partial charge in [-0.3, -0.25) is 9.59 Å². The summed E-state index contributed by atoms with van der Waals surface area (Å²) in [7, 11) is 2.11. The molecular weight excluding hydrogens is 242 g/mol. The van der Waals surface area contributed by atoms with Gasteiger partial charge in [-0.15, -0.1) is 0 Å². The fraction of sp³-hybridized carbons (Fsp3) is 0.571. The second-order valence-corrected chi connectivity index (χ2v) is 5.72. The second kappa shape index (κ2) is 5.57. The molecule has 0 unspecified atom stereocenters. The number of aromatic nitrogens is 1. The van der Waals surface area contributed by atoms with E-state index in [2.05, 4.69) is 29.2 Å². The number of H-pyrrole nitrogens is 1. The van der Waals surface area contributed by atoms with Crippen LogP contribution in [0.3, 0.4) is 0 Å². The number of hydrogen-bond acceptors (Lipinski definition) is 3. The topological polar surface area (TPSA) is 65.2 Å². The third kappa shape index (κ3) is 3.44. The quantitative estimate of drug-likeness (QED) is 0.849. The molecule has 5 heteroatoms. The first-order chi connectivity index (χ1) is 9.00. The molecule has 0 aliphatic carbocycles. The van der Waals surface area contributed by atoms with Gasteiger partial charge >= 0.3 is 0 Å². The Bertz CT molecular complexity index is 501. The number of carbonyl (C=O) groups excluding carboxylic acids is 1. The van der Waals surface area contributed by atoms with Gasteiger partial charge in [0.2, 0.25) is 0 Å². The van der Waals surface area contributed by atoms with Crippen molar-refractivity contribution in [2.75, 3.05) is 26.7 Å². The lowest BCUT2D eigenvalue weighted by Crippen LogP contribution is -2.44. The average Bonchev–Trinajstić information content (AvgIpc) is 2.41. The van der Waals surface area contributed by atoms with E-state index in [0.717, 1.165) is 25.9 Å². The zero-order valence-corrected chi connectivity index (χ0v) is 11.5. The molecule has 104 valence electrons. The van der Waals surface area contributed by atoms with Crippen molar-refractivity contribution in [3.05, 3.63) is 34.2 Å². The van der Waals surface area contributed by atoms with Gasteiger partial charge in [0.15, 0.2) is 5.43 Å². The smallest absolute Gasteiger partial charge is 0.256 e. The molecule has 19 heavy (non-hydrogen) atoms. The van der Waals surface area contributed by atoms with Crippen molar-refractivity contribution in [1.29, 1.82) is 0 Å². The van der Waals surface area contributed by atoms with Gasteiger partial charge in [0, 0.05) is 25.0 Å². The number of likely N-dealkylation sites (tertiary alicyclic amines) is 1. The number of nitrogens with one attached hydrogen (secondary N) is 2. The number of aromatic amines is 1. The molecule has 1 saturated heterocycles. The highest BCUT2D eigenvalue weighted by atomic mass is 16.2. The summed E-state index contributed by atoms with van der Waals surface area (Å²) in [6.07, 6.45) is 5.11. The number of carbonyl (C=O) groups is 1. The first-order valence-electron chi connectivity index (χ1n) is 6.64. The molecule has 1 aliphatic heterocycles. The van der Waals surface area contributed by atoms with E-state index in [1.54, 1.807) is 0 Å². The van der Waals surface area contributed by atoms with Crippen LogP contribution in [0.5, 0.6) is 0 Å². The predicted molar refractivity (Wildman–Crippen MR) is 74.2 cm³/mol. The Morgan fingerprint density at radius 1 is 1.47 bits per heavy atom. The summed E-state index contributed by atoms with van der Waals surface area (Å²) in [4.78, 5) is 28.6. The third-order valence-electron chi connectivity index (χ3n) is 3.94. The van der Waals surface area contributed by atoms with Gasteiger partial charge in [0.1, 0.15) is 5.56 Å². The molecule has 0 radical (unpaired) electrons. The third-order valence-corrected chi connectivity index (χ3v) is 3.94. The van der Waals surface area contributed by atoms with Crippen LogP contribution < -0.4 is 10.7 Å². The average molecular weight is 263 g/mol. The number of nitrogens with zero attached hydrogens (tertiary/aromatic N) is 1. The summed E-state index contributed by atoms with van der Waals surface area (Å²) in [6, 6.07) is 1.37. The molecule has 0 aromatic carbocycles. The lowest BCUT2D eigenvalue weighted by molar-refractivity contribution is 0.0890. The number of hydrogen-bond donors (Lipinski definition) is 2. The Hall–Kier alpha value is -1.62. The van der Waals surface area contributed by atoms with E-state index >= 15 is 0 Å². The molecule has 0 atom stereocenters. The standard InChI is InChI=1S/C14H21N3O2/c1-14(4-7-17(2)8-5-14)10-16-13(19)11-9-15-6-3-12(11)18/h3,6,9H,4-5,7-8,10H2,1-2H3,(H,15,18)(H,16,19). The van der Waals surface area contributed by atoms with Crippen LogP contribution in [0.4, 0.5) is 0 Å². The zero-order valence-electron chi connectivity index (χ0n) is 11.5. The van der Waals surface area contributed by atoms with Crippen molar-refractivity contribution in [1.82, 2.24) is 15.2 Å². The van der Waals surface area contributed by atoms with E-state index < -0.39 is 0 Å². The van der Waals surface area contributed by atoms with Crippen LogP contribution in [0.15, 0.2) is 23.3 Å². The van der Waals surface area contributed by atoms with Crippen molar-refractivity contribution in [2.24, 2.45) is 5.41 Å². The molecule has 0 saturated carbocycles. The van der Waals surface area contributed by atoms with Crippen molar-refractivity contribution < 1.29 is 4.79 Å². The Labute approximate surface area is 113 Å². The summed E-state index contributed by atoms with van der Waals surface area (Å²) in [5.74, 6) is -0.290. The molecule has 1 aromatic rings. The maximum atomic E-state index is 12.0. The van der Waals surface area contributed by atoms with Crippen LogP contribution >= 0.6 is 0 Å². The predicted octanol–water partition coefficient (Wildman–Crippen LogP) is 0.837. The molecular formula is C14H21N3O2. The Kier molecular flexibility index (Phi) is 4.04. The molecule has 1 aliphatic rings. The minimum absolute atomic E-state index is 0.129. The van der Waals surface area contributed by atoms with Crippen molar-refractivity contribution in [2.45, 2.75) is 19.8 Å². The normalized spacial score (nSPS) is 19.1. The first-order valence-corrected chi connectivity index (χ1v) is 6.64. The highest BCUT2D eigenvalue weighted by Crippen LogP contribution is 2.29. The second-order valence-electron chi connectivity index (χ2n) is 5.72. The van der Waals surface area contributed by atoms with Crippen LogP contribution in [0.25, 0.3) is 0 Å². The molecule has 2 rings (SSSR count). The molecule has 0 spiro atoms. The Morgan fingerprint density at radius 2 is 2.16 bits per heavy atom. The summed E-state index contributed by atoms with van der Waals surface area (Å²) >= 11 is 0. The minimum Gasteiger partial charge on any atom is -0.367 e. The van der Waals surface area contributed by atoms with Gasteiger partial charge in [0.05, 0.1) is 0 Å². The molecule has 5 nitrogen and oxygen atoms in total. The lowest BCUT2D eigenvalue weighted by atomic mass is 9.80. The maximum absolute atomic E-state index is 12.0. The van der Waals surface area contributed by atoms with Gasteiger partial charge in [0.25, 0.3) is 5.91 Å². The van der Waals surface area contributed by atoms with Crippen molar-refractivity contribution in [3.8, 4) is 0 Å². The van der Waals surface area contributed by atoms with E-state index in [-0.39, 0.29) is 22.3 Å². The number of rotatable bonds is 3. The number of pyridine rings is 1. The van der Waals surface area contributed by atoms with Crippen LogP contribution in [-0.4, -0.2) is 42.5 Å². The molecule has 0 bridgehead atoms. The lowest BCUT2D eigenvalue weighted by Gasteiger charge is -2.37. The summed E-state index contributed by atoms with van der Waals surface area (Å²) in [6.45, 7) is 4.92. The van der Waals surface area contributed by atoms with Crippen LogP contribution in [0.1, 0.15) is 30.1 Å². The number of piperidine rings is 1. The minimum atomic E-state index is -0.290. The SMILES string of the molecule is CN1CCC(C)(CNC(=O)c2c[nH]ccc2=O)CC1. The van der Waals surface area contributed by atoms with Crippen LogP contribution in [0.2, 0.25) is 0 Å². The van der Waals surface area contributed by atoms with Gasteiger partial charge in [-0.1, -0.05) is 6.92 Å². The van der Waals surface area contributed by atoms with Gasteiger partial charge in [-0.2, -0.15) is 0 Å². The van der Waals surface area contributed by atoms with Gasteiger partial charge < -0.3 is 15.2 Å². The fourth-order valence-corrected chi connectivity index (χ4v) is 2.32. The van der Waals surface area contributed by atoms with Gasteiger partial charge in [-0.05, 0) is 38.4 Å². The molecule has 2 heterocycles. The van der Waals surface area contributed by atoms with E-state index in [4.69, 9.17) is 0 Å². The highest BCUT2D eigenvalue weighted by molar-refractivity contribution is 5.93. The Balaban J connectivity index is 1.94. The van der Waals surface area contributed by atoms with Gasteiger partial charge in [-0.25, -0.2) is 0 Å². The van der Waals surface area contributed by atoms with Crippen LogP contribution in [-0.2, 0) is 0 Å². The molecule has 1 fully saturated rings. The molecule has 1 aromatic heterocycles. The maximum Gasteiger partial charge on any atom is 0.256 e. The van der Waals surface area contributed by atoms with E-state index in [9.17, 15) is 9.59 Å². The zero-order chi connectivity index (χ0) is 13.9. The van der Waals surface area contributed by atoms with Crippen molar-refractivity contribution in [3.63, 3.8) is 0 Å². The fourth-order valence-electron chi connectivity index (χ4n) is 2.32. The molecule has 1 amide bonds. The molecule has 2 N–H and O–H groups in total. The van der Waals surface area contributed by atoms with E-state index in [1.807, 2.05) is 0 Å². The monoisotopic (exact) mass is 263 g/mol. The first kappa shape index (κ1) is 13.8. The van der Waals surface area contributed by atoms with E-state index in [0.29, 0.717) is 6.54 Å². The summed E-state index contributed by atoms with van der Waals surface area (Å²) in [5, 5.41) is 2.89. The Morgan fingerprint density at radius 3 is 2.79 bits per heavy atom. The van der Waals surface area contributed by atoms with E-state index in [1.165, 1.54) is 18.5 Å². The van der Waals surface area contributed by atoms with Crippen molar-refractivity contribution >= 4 is 5.91 Å². The van der Waals surface area contributed by atoms with Crippen LogP contribution in [0, 0.1) is 5.41 Å². The summed E-state index contributed by atoms with van der Waals surface area (Å²) in [5.41, 5.74) is 0.0628. The number of amides is 1. The largest absolute Gasteiger partial charge is 0.367 e.